The topological polar surface area (TPSA) is 69.1 Å². The molecule has 1 aliphatic carbocycles. The van der Waals surface area contributed by atoms with Gasteiger partial charge in [0.05, 0.1) is 0 Å². The van der Waals surface area contributed by atoms with Gasteiger partial charge in [0.2, 0.25) is 0 Å². The molecular formula is C18H23N2O3S2Tl. The molecule has 8 heteroatoms. The monoisotopic (exact) mass is 584 g/mol. The first-order valence-corrected chi connectivity index (χ1v) is 18.2. The molecule has 3 unspecified atom stereocenters. The fraction of sp³-hybridized carbons (Fsp3) is 0.500. The van der Waals surface area contributed by atoms with Crippen LogP contribution in [0.1, 0.15) is 22.6 Å². The number of hydrogen-bond acceptors (Lipinski definition) is 7. The molecule has 3 atom stereocenters. The molecule has 0 aromatic carbocycles. The second-order valence-corrected chi connectivity index (χ2v) is 19.3. The Morgan fingerprint density at radius 1 is 1.27 bits per heavy atom. The SMILES string of the molecule is CN(C)C1CC(OC(=N)C(O)(c2cccs2)c2cccs2)C[CH]1[Tl]1[CH2][O]1. The molecule has 138 valence electrons. The molecule has 0 amide bonds. The summed E-state index contributed by atoms with van der Waals surface area (Å²) in [5, 5.41) is 24.0. The zero-order valence-electron chi connectivity index (χ0n) is 14.9. The number of rotatable bonds is 6. The van der Waals surface area contributed by atoms with Crippen molar-refractivity contribution < 1.29 is 12.5 Å². The van der Waals surface area contributed by atoms with Gasteiger partial charge in [-0.3, -0.25) is 0 Å². The third-order valence-electron chi connectivity index (χ3n) is 5.40. The van der Waals surface area contributed by atoms with Gasteiger partial charge in [-0.15, -0.1) is 0 Å². The van der Waals surface area contributed by atoms with Gasteiger partial charge in [0.15, 0.2) is 0 Å². The fourth-order valence-electron chi connectivity index (χ4n) is 3.96. The van der Waals surface area contributed by atoms with Gasteiger partial charge in [-0.1, -0.05) is 0 Å². The van der Waals surface area contributed by atoms with Crippen LogP contribution in [0.15, 0.2) is 35.0 Å². The van der Waals surface area contributed by atoms with E-state index in [0.29, 0.717) is 9.52 Å². The van der Waals surface area contributed by atoms with Gasteiger partial charge in [0.1, 0.15) is 0 Å². The van der Waals surface area contributed by atoms with Gasteiger partial charge < -0.3 is 0 Å². The fourth-order valence-corrected chi connectivity index (χ4v) is 18.1. The summed E-state index contributed by atoms with van der Waals surface area (Å²) in [5.74, 6) is -0.0565. The zero-order chi connectivity index (χ0) is 18.3. The van der Waals surface area contributed by atoms with Crippen LogP contribution in [0.2, 0.25) is 3.48 Å². The Morgan fingerprint density at radius 3 is 2.35 bits per heavy atom. The average Bonchev–Trinajstić information content (AvgIpc) is 3.07. The molecule has 0 bridgehead atoms. The number of aliphatic hydroxyl groups is 1. The van der Waals surface area contributed by atoms with Gasteiger partial charge in [-0.05, 0) is 0 Å². The summed E-state index contributed by atoms with van der Waals surface area (Å²) in [5.41, 5.74) is -1.49. The molecule has 2 aromatic rings. The molecule has 5 nitrogen and oxygen atoms in total. The third-order valence-corrected chi connectivity index (χ3v) is 16.6. The molecule has 2 fully saturated rings. The molecule has 0 spiro atoms. The standard InChI is InChI=1S/C17H21N2O2S2.CH2O.Tl/c1-19(2)12-7-8-13(11-12)21-16(18)17(20,14-5-3-9-22-14)15-6-4-10-23-15;1-2;/h3-7,9-10,12-13,18,20H,8,11H2,1-2H3;1H2;/q;-1;+1. The van der Waals surface area contributed by atoms with Crippen molar-refractivity contribution in [3.05, 3.63) is 44.8 Å². The van der Waals surface area contributed by atoms with Crippen molar-refractivity contribution in [3.8, 4) is 0 Å². The third kappa shape index (κ3) is 3.53. The van der Waals surface area contributed by atoms with E-state index in [-0.39, 0.29) is 12.0 Å². The molecule has 1 saturated heterocycles. The molecule has 4 rings (SSSR count). The van der Waals surface area contributed by atoms with E-state index in [0.717, 1.165) is 26.8 Å². The summed E-state index contributed by atoms with van der Waals surface area (Å²) >= 11 is 1.02. The second kappa shape index (κ2) is 7.59. The number of nitrogens with zero attached hydrogens (tertiary/aromatic N) is 1. The predicted molar refractivity (Wildman–Crippen MR) is 106 cm³/mol. The Bertz CT molecular complexity index is 702. The van der Waals surface area contributed by atoms with Gasteiger partial charge in [-0.2, -0.15) is 0 Å². The van der Waals surface area contributed by atoms with Crippen LogP contribution in [-0.2, 0) is 13.0 Å². The van der Waals surface area contributed by atoms with Crippen molar-refractivity contribution in [1.82, 2.24) is 4.90 Å². The zero-order valence-corrected chi connectivity index (χ0v) is 21.0. The van der Waals surface area contributed by atoms with Crippen LogP contribution in [0.4, 0.5) is 0 Å². The van der Waals surface area contributed by atoms with Crippen molar-refractivity contribution >= 4 is 51.7 Å². The van der Waals surface area contributed by atoms with Crippen molar-refractivity contribution in [2.75, 3.05) is 18.3 Å². The number of thiophene rings is 2. The Hall–Kier alpha value is -0.328. The van der Waals surface area contributed by atoms with E-state index < -0.39 is 28.8 Å². The van der Waals surface area contributed by atoms with Crippen molar-refractivity contribution in [1.29, 1.82) is 5.41 Å². The van der Waals surface area contributed by atoms with Gasteiger partial charge in [0, 0.05) is 0 Å². The van der Waals surface area contributed by atoms with Crippen molar-refractivity contribution in [3.63, 3.8) is 0 Å². The molecular weight excluding hydrogens is 561 g/mol. The van der Waals surface area contributed by atoms with Gasteiger partial charge in [-0.25, -0.2) is 0 Å². The van der Waals surface area contributed by atoms with E-state index in [4.69, 9.17) is 12.8 Å². The van der Waals surface area contributed by atoms with Crippen molar-refractivity contribution in [2.45, 2.75) is 34.1 Å². The van der Waals surface area contributed by atoms with Crippen LogP contribution in [-0.4, -0.2) is 69.5 Å². The van der Waals surface area contributed by atoms with E-state index in [9.17, 15) is 5.11 Å². The summed E-state index contributed by atoms with van der Waals surface area (Å²) in [6, 6.07) is 8.03. The molecule has 2 aliphatic rings. The normalized spacial score (nSPS) is 25.7. The van der Waals surface area contributed by atoms with Crippen LogP contribution in [0.25, 0.3) is 0 Å². The Morgan fingerprint density at radius 2 is 1.88 bits per heavy atom. The Balaban J connectivity index is 1.54. The summed E-state index contributed by atoms with van der Waals surface area (Å²) in [6.07, 6.45) is 1.85. The first-order valence-electron chi connectivity index (χ1n) is 8.84. The van der Waals surface area contributed by atoms with Gasteiger partial charge in [0.25, 0.3) is 0 Å². The Kier molecular flexibility index (Phi) is 5.55. The molecule has 1 aliphatic heterocycles. The molecule has 2 aromatic heterocycles. The van der Waals surface area contributed by atoms with E-state index in [2.05, 4.69) is 19.0 Å². The minimum atomic E-state index is -1.89. The molecule has 26 heavy (non-hydrogen) atoms. The summed E-state index contributed by atoms with van der Waals surface area (Å²) in [6.45, 7) is 0. The van der Waals surface area contributed by atoms with Crippen LogP contribution in [0.3, 0.4) is 0 Å². The van der Waals surface area contributed by atoms with Gasteiger partial charge >= 0.3 is 172 Å². The molecule has 3 heterocycles. The number of hydrogen-bond donors (Lipinski definition) is 2. The van der Waals surface area contributed by atoms with Crippen LogP contribution in [0.5, 0.6) is 0 Å². The molecule has 2 N–H and O–H groups in total. The second-order valence-electron chi connectivity index (χ2n) is 7.27. The van der Waals surface area contributed by atoms with E-state index in [1.165, 1.54) is 22.7 Å². The quantitative estimate of drug-likeness (QED) is 0.238. The first kappa shape index (κ1) is 19.0. The van der Waals surface area contributed by atoms with Crippen molar-refractivity contribution in [2.24, 2.45) is 0 Å². The summed E-state index contributed by atoms with van der Waals surface area (Å²) < 4.78 is 13.6. The first-order chi connectivity index (χ1) is 12.5. The Labute approximate surface area is 170 Å². The molecule has 1 saturated carbocycles. The molecule has 0 radical (unpaired) electrons. The number of ether oxygens (including phenoxy) is 1. The number of nitrogens with one attached hydrogen (secondary N) is 1. The predicted octanol–water partition coefficient (Wildman–Crippen LogP) is 3.06. The summed E-state index contributed by atoms with van der Waals surface area (Å²) in [4.78, 5) is 3.74. The van der Waals surface area contributed by atoms with E-state index in [1.54, 1.807) is 0 Å². The maximum atomic E-state index is 11.5. The van der Waals surface area contributed by atoms with E-state index >= 15 is 0 Å². The maximum absolute atomic E-state index is 11.5. The van der Waals surface area contributed by atoms with Crippen LogP contribution >= 0.6 is 22.7 Å². The van der Waals surface area contributed by atoms with Crippen LogP contribution < -0.4 is 0 Å². The summed E-state index contributed by atoms with van der Waals surface area (Å²) in [7, 11) is 4.24. The van der Waals surface area contributed by atoms with Crippen LogP contribution in [0, 0.1) is 5.41 Å². The van der Waals surface area contributed by atoms with E-state index in [1.807, 2.05) is 35.0 Å². The minimum absolute atomic E-state index is 0.0180. The average molecular weight is 584 g/mol.